The van der Waals surface area contributed by atoms with Crippen molar-refractivity contribution in [2.24, 2.45) is 0 Å². The maximum atomic E-state index is 15.7. The van der Waals surface area contributed by atoms with E-state index in [1.165, 1.54) is 6.20 Å². The second-order valence-corrected chi connectivity index (χ2v) is 17.8. The molecule has 14 nitrogen and oxygen atoms in total. The van der Waals surface area contributed by atoms with Gasteiger partial charge in [0, 0.05) is 92.4 Å². The quantitative estimate of drug-likeness (QED) is 0.116. The monoisotopic (exact) mass is 868 g/mol. The number of benzene rings is 3. The van der Waals surface area contributed by atoms with E-state index in [9.17, 15) is 32.0 Å². The minimum atomic E-state index is -4.36. The molecule has 2 aromatic heterocycles. The first-order valence-corrected chi connectivity index (χ1v) is 22.0. The van der Waals surface area contributed by atoms with Gasteiger partial charge in [-0.15, -0.1) is 0 Å². The Labute approximate surface area is 355 Å². The van der Waals surface area contributed by atoms with Gasteiger partial charge in [-0.3, -0.25) is 34.1 Å². The van der Waals surface area contributed by atoms with Gasteiger partial charge in [0.05, 0.1) is 11.3 Å². The number of aryl methyl sites for hydroxylation is 1. The summed E-state index contributed by atoms with van der Waals surface area (Å²) < 4.78 is 73.0. The summed E-state index contributed by atoms with van der Waals surface area (Å²) in [6.07, 6.45) is 3.96. The molecule has 0 radical (unpaired) electrons. The Bertz CT molecular complexity index is 2720. The normalized spacial score (nSPS) is 20.0. The van der Waals surface area contributed by atoms with E-state index >= 15 is 8.78 Å². The molecule has 3 amide bonds. The van der Waals surface area contributed by atoms with E-state index in [2.05, 4.69) is 31.2 Å². The molecular formula is C44H43F3N8O6S. The van der Waals surface area contributed by atoms with Crippen molar-refractivity contribution in [3.05, 3.63) is 113 Å². The number of aromatic amines is 1. The number of carbonyl (C=O) groups is 4. The number of rotatable bonds is 12. The number of anilines is 2. The van der Waals surface area contributed by atoms with E-state index in [0.29, 0.717) is 35.1 Å². The summed E-state index contributed by atoms with van der Waals surface area (Å²) in [4.78, 5) is 64.4. The zero-order valence-corrected chi connectivity index (χ0v) is 34.3. The number of imide groups is 1. The van der Waals surface area contributed by atoms with Crippen molar-refractivity contribution in [3.8, 4) is 11.1 Å². The van der Waals surface area contributed by atoms with E-state index in [4.69, 9.17) is 0 Å². The molecule has 62 heavy (non-hydrogen) atoms. The molecule has 6 heterocycles. The van der Waals surface area contributed by atoms with Gasteiger partial charge >= 0.3 is 10.2 Å². The molecule has 322 valence electrons. The Morgan fingerprint density at radius 3 is 2.45 bits per heavy atom. The molecule has 3 saturated heterocycles. The lowest BCUT2D eigenvalue weighted by atomic mass is 9.99. The Balaban J connectivity index is 0.799. The highest BCUT2D eigenvalue weighted by Gasteiger charge is 2.39. The van der Waals surface area contributed by atoms with Gasteiger partial charge in [0.15, 0.2) is 5.82 Å². The van der Waals surface area contributed by atoms with Crippen LogP contribution in [-0.4, -0.2) is 114 Å². The van der Waals surface area contributed by atoms with Crippen LogP contribution in [-0.2, 0) is 32.8 Å². The molecule has 0 aliphatic carbocycles. The van der Waals surface area contributed by atoms with Crippen molar-refractivity contribution >= 4 is 56.1 Å². The van der Waals surface area contributed by atoms with Crippen LogP contribution in [0.25, 0.3) is 22.2 Å². The van der Waals surface area contributed by atoms with Crippen LogP contribution in [0.4, 0.5) is 24.5 Å². The molecule has 3 aromatic carbocycles. The maximum Gasteiger partial charge on any atom is 0.301 e. The standard InChI is InChI=1S/C44H43F3N8O6S/c45-30-13-15-54(25-30)62(60,61)51-36-10-9-35(46)39(40(36)47)41(57)34-23-49-42-33(34)21-28(22-48-42)27-4-6-31(7-5-27)53-18-16-52(17-19-53)14-1-2-26-3-8-32-29(20-26)24-55(44(32)59)37-11-12-38(56)50-43(37)58/h3-10,20-23,30,37,51H,1-2,11-19,24-25H2,(H,48,49)(H,50,56,58)/t30-,37?/m1/s1. The second-order valence-electron chi connectivity index (χ2n) is 16.2. The third kappa shape index (κ3) is 8.04. The fraction of sp³-hybridized carbons (Fsp3) is 0.341. The van der Waals surface area contributed by atoms with Crippen molar-refractivity contribution in [1.82, 2.24) is 29.4 Å². The number of nitrogens with zero attached hydrogens (tertiary/aromatic N) is 5. The lowest BCUT2D eigenvalue weighted by Crippen LogP contribution is -2.52. The van der Waals surface area contributed by atoms with E-state index in [1.54, 1.807) is 17.2 Å². The van der Waals surface area contributed by atoms with Crippen molar-refractivity contribution in [3.63, 3.8) is 0 Å². The lowest BCUT2D eigenvalue weighted by molar-refractivity contribution is -0.136. The summed E-state index contributed by atoms with van der Waals surface area (Å²) in [5.41, 5.74) is 3.89. The molecule has 18 heteroatoms. The molecule has 0 spiro atoms. The minimum Gasteiger partial charge on any atom is -0.369 e. The number of ketones is 1. The van der Waals surface area contributed by atoms with E-state index < -0.39 is 57.0 Å². The van der Waals surface area contributed by atoms with Crippen LogP contribution in [0.15, 0.2) is 73.1 Å². The Morgan fingerprint density at radius 1 is 0.919 bits per heavy atom. The fourth-order valence-corrected chi connectivity index (χ4v) is 10.1. The molecule has 0 bridgehead atoms. The van der Waals surface area contributed by atoms with Gasteiger partial charge in [-0.05, 0) is 85.3 Å². The van der Waals surface area contributed by atoms with Crippen LogP contribution in [0.2, 0.25) is 0 Å². The first kappa shape index (κ1) is 41.3. The van der Waals surface area contributed by atoms with E-state index in [-0.39, 0.29) is 43.3 Å². The van der Waals surface area contributed by atoms with Gasteiger partial charge in [0.1, 0.15) is 23.7 Å². The predicted octanol–water partition coefficient (Wildman–Crippen LogP) is 4.96. The number of carbonyl (C=O) groups excluding carboxylic acids is 4. The van der Waals surface area contributed by atoms with E-state index in [0.717, 1.165) is 84.4 Å². The summed E-state index contributed by atoms with van der Waals surface area (Å²) in [7, 11) is -4.36. The summed E-state index contributed by atoms with van der Waals surface area (Å²) in [5, 5.41) is 2.67. The zero-order valence-electron chi connectivity index (χ0n) is 33.5. The minimum absolute atomic E-state index is 0.00138. The highest BCUT2D eigenvalue weighted by atomic mass is 32.2. The SMILES string of the molecule is O=C1CCC(N2Cc3cc(CCCN4CCN(c5ccc(-c6cnc7[nH]cc(C(=O)c8c(F)ccc(NS(=O)(=O)N9CC[C@@H](F)C9)c8F)c7c6)cc5)CC4)ccc3C2=O)C(=O)N1. The number of H-pyrrole nitrogens is 1. The molecule has 3 fully saturated rings. The van der Waals surface area contributed by atoms with Crippen LogP contribution in [0, 0.1) is 11.6 Å². The molecule has 4 aliphatic rings. The Hall–Kier alpha value is -6.11. The molecule has 9 rings (SSSR count). The van der Waals surface area contributed by atoms with Gasteiger partial charge in [-0.2, -0.15) is 12.7 Å². The van der Waals surface area contributed by atoms with Crippen LogP contribution < -0.4 is 14.9 Å². The molecule has 3 N–H and O–H groups in total. The third-order valence-electron chi connectivity index (χ3n) is 12.2. The van der Waals surface area contributed by atoms with Crippen molar-refractivity contribution < 1.29 is 40.8 Å². The molecule has 0 saturated carbocycles. The van der Waals surface area contributed by atoms with Crippen molar-refractivity contribution in [2.75, 3.05) is 55.4 Å². The fourth-order valence-electron chi connectivity index (χ4n) is 8.82. The van der Waals surface area contributed by atoms with Crippen LogP contribution >= 0.6 is 0 Å². The van der Waals surface area contributed by atoms with Gasteiger partial charge in [-0.1, -0.05) is 24.3 Å². The summed E-state index contributed by atoms with van der Waals surface area (Å²) in [5.74, 6) is -4.46. The average molecular weight is 869 g/mol. The zero-order chi connectivity index (χ0) is 43.3. The number of piperidine rings is 1. The molecule has 4 aliphatic heterocycles. The van der Waals surface area contributed by atoms with Crippen molar-refractivity contribution in [1.29, 1.82) is 0 Å². The van der Waals surface area contributed by atoms with E-state index in [1.807, 2.05) is 41.1 Å². The smallest absolute Gasteiger partial charge is 0.301 e. The van der Waals surface area contributed by atoms with Gasteiger partial charge in [0.25, 0.3) is 5.91 Å². The Morgan fingerprint density at radius 2 is 1.71 bits per heavy atom. The first-order chi connectivity index (χ1) is 29.8. The number of pyridine rings is 1. The second kappa shape index (κ2) is 16.6. The number of halogens is 3. The number of hydrogen-bond acceptors (Lipinski definition) is 9. The molecule has 1 unspecified atom stereocenters. The largest absolute Gasteiger partial charge is 0.369 e. The Kier molecular flexibility index (Phi) is 11.1. The van der Waals surface area contributed by atoms with Gasteiger partial charge in [0.2, 0.25) is 17.6 Å². The predicted molar refractivity (Wildman–Crippen MR) is 224 cm³/mol. The topological polar surface area (TPSA) is 168 Å². The third-order valence-corrected chi connectivity index (χ3v) is 13.7. The van der Waals surface area contributed by atoms with Crippen LogP contribution in [0.1, 0.15) is 63.1 Å². The number of alkyl halides is 1. The number of fused-ring (bicyclic) bond motifs is 2. The summed E-state index contributed by atoms with van der Waals surface area (Å²) >= 11 is 0. The molecule has 2 atom stereocenters. The van der Waals surface area contributed by atoms with Gasteiger partial charge in [-0.25, -0.2) is 18.2 Å². The van der Waals surface area contributed by atoms with Crippen molar-refractivity contribution in [2.45, 2.75) is 50.9 Å². The van der Waals surface area contributed by atoms with Crippen LogP contribution in [0.3, 0.4) is 0 Å². The number of piperazine rings is 1. The molecular weight excluding hydrogens is 826 g/mol. The highest BCUT2D eigenvalue weighted by Crippen LogP contribution is 2.32. The van der Waals surface area contributed by atoms with Gasteiger partial charge < -0.3 is 14.8 Å². The molecule has 5 aromatic rings. The number of aromatic nitrogens is 2. The van der Waals surface area contributed by atoms with Crippen LogP contribution in [0.5, 0.6) is 0 Å². The average Bonchev–Trinajstić information content (AvgIpc) is 3.99. The lowest BCUT2D eigenvalue weighted by Gasteiger charge is -2.36. The highest BCUT2D eigenvalue weighted by molar-refractivity contribution is 7.90. The number of amides is 3. The number of hydrogen-bond donors (Lipinski definition) is 3. The summed E-state index contributed by atoms with van der Waals surface area (Å²) in [6, 6.07) is 16.6. The maximum absolute atomic E-state index is 15.7. The summed E-state index contributed by atoms with van der Waals surface area (Å²) in [6.45, 7) is 4.26. The first-order valence-electron chi connectivity index (χ1n) is 20.6. The number of nitrogens with one attached hydrogen (secondary N) is 3.